The first kappa shape index (κ1) is 23.1. The number of likely N-dealkylation sites (tertiary alicyclic amines) is 1. The van der Waals surface area contributed by atoms with Crippen LogP contribution < -0.4 is 16.0 Å². The van der Waals surface area contributed by atoms with Gasteiger partial charge in [0.2, 0.25) is 5.91 Å². The van der Waals surface area contributed by atoms with Gasteiger partial charge in [0.05, 0.1) is 18.7 Å². The van der Waals surface area contributed by atoms with E-state index in [0.717, 1.165) is 32.6 Å². The molecule has 1 saturated heterocycles. The van der Waals surface area contributed by atoms with Gasteiger partial charge in [-0.1, -0.05) is 24.3 Å². The summed E-state index contributed by atoms with van der Waals surface area (Å²) < 4.78 is 0. The first-order chi connectivity index (χ1) is 16.0. The van der Waals surface area contributed by atoms with E-state index in [2.05, 4.69) is 49.0 Å². The van der Waals surface area contributed by atoms with Gasteiger partial charge in [-0.15, -0.1) is 0 Å². The summed E-state index contributed by atoms with van der Waals surface area (Å²) in [6, 6.07) is 10.1. The molecule has 0 aliphatic carbocycles. The fraction of sp³-hybridized carbons (Fsp3) is 0.478. The second-order valence-corrected chi connectivity index (χ2v) is 8.61. The number of fused-ring (bicyclic) bond motifs is 1. The number of rotatable bonds is 9. The molecule has 176 valence electrons. The summed E-state index contributed by atoms with van der Waals surface area (Å²) in [4.78, 5) is 36.4. The summed E-state index contributed by atoms with van der Waals surface area (Å²) in [6.45, 7) is 4.19. The molecule has 4 N–H and O–H groups in total. The number of carbonyl (C=O) groups is 2. The standard InChI is InChI=1S/C23H31N7O3/c1-24-22(32)14-30-11-18(12-30)28-21-8-20(26-15-27-21)23(33)25-9-19(31)13-29-7-6-16-4-2-3-5-17(16)10-29/h2-5,8,15,18-19,31H,6-7,9-14H2,1H3,(H,24,32)(H,25,33)(H,26,27,28)/t19-/m0/s1. The Kier molecular flexibility index (Phi) is 7.48. The van der Waals surface area contributed by atoms with Gasteiger partial charge >= 0.3 is 0 Å². The van der Waals surface area contributed by atoms with Crippen molar-refractivity contribution < 1.29 is 14.7 Å². The van der Waals surface area contributed by atoms with Crippen LogP contribution in [0.1, 0.15) is 21.6 Å². The lowest BCUT2D eigenvalue weighted by Gasteiger charge is -2.39. The number of benzene rings is 1. The van der Waals surface area contributed by atoms with Crippen LogP contribution in [0.4, 0.5) is 5.82 Å². The minimum Gasteiger partial charge on any atom is -0.390 e. The molecule has 1 aromatic carbocycles. The predicted molar refractivity (Wildman–Crippen MR) is 124 cm³/mol. The highest BCUT2D eigenvalue weighted by atomic mass is 16.3. The first-order valence-corrected chi connectivity index (χ1v) is 11.3. The molecular weight excluding hydrogens is 422 g/mol. The summed E-state index contributed by atoms with van der Waals surface area (Å²) >= 11 is 0. The van der Waals surface area contributed by atoms with E-state index in [1.165, 1.54) is 17.5 Å². The molecular formula is C23H31N7O3. The summed E-state index contributed by atoms with van der Waals surface area (Å²) in [6.07, 6.45) is 1.65. The number of aromatic nitrogens is 2. The van der Waals surface area contributed by atoms with Crippen molar-refractivity contribution >= 4 is 17.6 Å². The quantitative estimate of drug-likeness (QED) is 0.400. The Balaban J connectivity index is 1.20. The Hall–Kier alpha value is -3.08. The molecule has 10 heteroatoms. The van der Waals surface area contributed by atoms with Crippen LogP contribution in [0.5, 0.6) is 0 Å². The zero-order chi connectivity index (χ0) is 23.2. The van der Waals surface area contributed by atoms with E-state index in [-0.39, 0.29) is 30.1 Å². The van der Waals surface area contributed by atoms with E-state index >= 15 is 0 Å². The Bertz CT molecular complexity index is 980. The van der Waals surface area contributed by atoms with Crippen LogP contribution in [-0.4, -0.2) is 95.2 Å². The SMILES string of the molecule is CNC(=O)CN1CC(Nc2cc(C(=O)NC[C@H](O)CN3CCc4ccccc4C3)ncn2)C1. The van der Waals surface area contributed by atoms with Crippen LogP contribution in [0.2, 0.25) is 0 Å². The topological polar surface area (TPSA) is 123 Å². The van der Waals surface area contributed by atoms with Crippen molar-refractivity contribution in [3.8, 4) is 0 Å². The van der Waals surface area contributed by atoms with Crippen LogP contribution in [0.25, 0.3) is 0 Å². The monoisotopic (exact) mass is 453 g/mol. The average molecular weight is 454 g/mol. The van der Waals surface area contributed by atoms with Gasteiger partial charge in [-0.25, -0.2) is 9.97 Å². The van der Waals surface area contributed by atoms with Crippen molar-refractivity contribution in [3.63, 3.8) is 0 Å². The average Bonchev–Trinajstić information content (AvgIpc) is 2.81. The number of β-amino-alcohol motifs (C(OH)–C–C–N with tert-alkyl or cyclic N) is 1. The second kappa shape index (κ2) is 10.7. The van der Waals surface area contributed by atoms with E-state index in [9.17, 15) is 14.7 Å². The second-order valence-electron chi connectivity index (χ2n) is 8.61. The summed E-state index contributed by atoms with van der Waals surface area (Å²) in [5.41, 5.74) is 2.91. The minimum atomic E-state index is -0.667. The fourth-order valence-corrected chi connectivity index (χ4v) is 4.22. The number of hydrogen-bond acceptors (Lipinski definition) is 8. The molecule has 0 unspecified atom stereocenters. The Labute approximate surface area is 193 Å². The van der Waals surface area contributed by atoms with Crippen molar-refractivity contribution in [1.82, 2.24) is 30.4 Å². The molecule has 33 heavy (non-hydrogen) atoms. The van der Waals surface area contributed by atoms with Gasteiger partial charge in [-0.2, -0.15) is 0 Å². The largest absolute Gasteiger partial charge is 0.390 e. The molecule has 2 aliphatic rings. The van der Waals surface area contributed by atoms with Crippen molar-refractivity contribution in [2.45, 2.75) is 25.1 Å². The molecule has 1 aromatic heterocycles. The van der Waals surface area contributed by atoms with E-state index in [1.54, 1.807) is 13.1 Å². The van der Waals surface area contributed by atoms with Gasteiger partial charge in [0.15, 0.2) is 0 Å². The first-order valence-electron chi connectivity index (χ1n) is 11.3. The lowest BCUT2D eigenvalue weighted by atomic mass is 10.00. The molecule has 0 saturated carbocycles. The summed E-state index contributed by atoms with van der Waals surface area (Å²) in [7, 11) is 1.62. The van der Waals surface area contributed by atoms with Crippen molar-refractivity contribution in [3.05, 3.63) is 53.5 Å². The maximum absolute atomic E-state index is 12.5. The van der Waals surface area contributed by atoms with Crippen molar-refractivity contribution in [1.29, 1.82) is 0 Å². The van der Waals surface area contributed by atoms with Crippen LogP contribution >= 0.6 is 0 Å². The Morgan fingerprint density at radius 2 is 1.97 bits per heavy atom. The molecule has 0 bridgehead atoms. The van der Waals surface area contributed by atoms with Gasteiger partial charge < -0.3 is 21.1 Å². The van der Waals surface area contributed by atoms with Crippen molar-refractivity contribution in [2.75, 3.05) is 51.6 Å². The highest BCUT2D eigenvalue weighted by molar-refractivity contribution is 5.92. The van der Waals surface area contributed by atoms with Crippen LogP contribution in [-0.2, 0) is 17.8 Å². The smallest absolute Gasteiger partial charge is 0.270 e. The maximum Gasteiger partial charge on any atom is 0.270 e. The molecule has 0 radical (unpaired) electrons. The number of aliphatic hydroxyl groups is 1. The number of carbonyl (C=O) groups excluding carboxylic acids is 2. The number of hydrogen-bond donors (Lipinski definition) is 4. The molecule has 1 fully saturated rings. The van der Waals surface area contributed by atoms with Crippen molar-refractivity contribution in [2.24, 2.45) is 0 Å². The van der Waals surface area contributed by atoms with E-state index < -0.39 is 6.10 Å². The maximum atomic E-state index is 12.5. The van der Waals surface area contributed by atoms with Crippen LogP contribution in [0.15, 0.2) is 36.7 Å². The lowest BCUT2D eigenvalue weighted by Crippen LogP contribution is -2.57. The predicted octanol–water partition coefficient (Wildman–Crippen LogP) is -0.532. The third-order valence-corrected chi connectivity index (χ3v) is 6.03. The third kappa shape index (κ3) is 6.25. The highest BCUT2D eigenvalue weighted by Crippen LogP contribution is 2.18. The van der Waals surface area contributed by atoms with E-state index in [0.29, 0.717) is 18.9 Å². The third-order valence-electron chi connectivity index (χ3n) is 6.03. The highest BCUT2D eigenvalue weighted by Gasteiger charge is 2.28. The zero-order valence-corrected chi connectivity index (χ0v) is 18.8. The molecule has 2 aliphatic heterocycles. The van der Waals surface area contributed by atoms with Gasteiger partial charge in [0.25, 0.3) is 5.91 Å². The molecule has 10 nitrogen and oxygen atoms in total. The van der Waals surface area contributed by atoms with Crippen LogP contribution in [0.3, 0.4) is 0 Å². The summed E-state index contributed by atoms with van der Waals surface area (Å²) in [5.74, 6) is 0.201. The zero-order valence-electron chi connectivity index (χ0n) is 18.8. The molecule has 3 heterocycles. The van der Waals surface area contributed by atoms with E-state index in [1.807, 2.05) is 11.0 Å². The Morgan fingerprint density at radius 1 is 1.18 bits per heavy atom. The van der Waals surface area contributed by atoms with Gasteiger partial charge in [-0.05, 0) is 17.5 Å². The number of aliphatic hydroxyl groups excluding tert-OH is 1. The van der Waals surface area contributed by atoms with Crippen LogP contribution in [0, 0.1) is 0 Å². The van der Waals surface area contributed by atoms with Gasteiger partial charge in [0, 0.05) is 52.4 Å². The summed E-state index contributed by atoms with van der Waals surface area (Å²) in [5, 5.41) is 19.1. The van der Waals surface area contributed by atoms with Gasteiger partial charge in [-0.3, -0.25) is 19.4 Å². The number of nitrogens with one attached hydrogen (secondary N) is 3. The Morgan fingerprint density at radius 3 is 2.76 bits per heavy atom. The minimum absolute atomic E-state index is 0.0123. The molecule has 0 spiro atoms. The number of nitrogens with zero attached hydrogens (tertiary/aromatic N) is 4. The molecule has 1 atom stereocenters. The lowest BCUT2D eigenvalue weighted by molar-refractivity contribution is -0.122. The van der Waals surface area contributed by atoms with E-state index in [4.69, 9.17) is 0 Å². The number of amides is 2. The fourth-order valence-electron chi connectivity index (χ4n) is 4.22. The van der Waals surface area contributed by atoms with Gasteiger partial charge in [0.1, 0.15) is 17.8 Å². The molecule has 4 rings (SSSR count). The molecule has 2 amide bonds. The number of anilines is 1. The number of likely N-dealkylation sites (N-methyl/N-ethyl adjacent to an activating group) is 1. The molecule has 2 aromatic rings. The normalized spacial score (nSPS) is 17.5.